The summed E-state index contributed by atoms with van der Waals surface area (Å²) < 4.78 is 17.4. The van der Waals surface area contributed by atoms with Crippen molar-refractivity contribution in [2.75, 3.05) is 11.9 Å². The summed E-state index contributed by atoms with van der Waals surface area (Å²) >= 11 is 0. The minimum atomic E-state index is -0.433. The fourth-order valence-corrected chi connectivity index (χ4v) is 3.61. The molecule has 148 valence electrons. The summed E-state index contributed by atoms with van der Waals surface area (Å²) in [4.78, 5) is 12.9. The van der Waals surface area contributed by atoms with Gasteiger partial charge in [-0.3, -0.25) is 0 Å². The number of benzene rings is 3. The Bertz CT molecular complexity index is 1380. The van der Waals surface area contributed by atoms with Gasteiger partial charge < -0.3 is 18.9 Å². The van der Waals surface area contributed by atoms with Crippen LogP contribution in [0.3, 0.4) is 0 Å². The summed E-state index contributed by atoms with van der Waals surface area (Å²) in [5.74, 6) is 1.26. The minimum absolute atomic E-state index is 0.413. The van der Waals surface area contributed by atoms with Crippen molar-refractivity contribution in [3.8, 4) is 16.9 Å². The summed E-state index contributed by atoms with van der Waals surface area (Å²) in [6, 6.07) is 24.7. The van der Waals surface area contributed by atoms with Gasteiger partial charge in [-0.05, 0) is 48.9 Å². The number of nitrogens with one attached hydrogen (secondary N) is 1. The van der Waals surface area contributed by atoms with E-state index in [4.69, 9.17) is 13.6 Å². The van der Waals surface area contributed by atoms with Gasteiger partial charge >= 0.3 is 5.63 Å². The standard InChI is InChI=1S/C25H19NO4/c1-2-28-18-14-12-16(13-15-18)21-22-23(19-10-6-7-11-20(19)29-25(22)27)30-24(21)26-17-8-4-3-5-9-17/h3-15,26H,2H2,1H3. The number of ether oxygens (including phenoxy) is 1. The van der Waals surface area contributed by atoms with E-state index in [2.05, 4.69) is 5.32 Å². The molecule has 0 aliphatic rings. The van der Waals surface area contributed by atoms with E-state index in [1.807, 2.05) is 79.7 Å². The van der Waals surface area contributed by atoms with E-state index >= 15 is 0 Å². The summed E-state index contributed by atoms with van der Waals surface area (Å²) in [6.45, 7) is 2.53. The second-order valence-corrected chi connectivity index (χ2v) is 6.84. The van der Waals surface area contributed by atoms with Crippen LogP contribution in [0.2, 0.25) is 0 Å². The molecule has 5 rings (SSSR count). The van der Waals surface area contributed by atoms with Crippen LogP contribution in [0.1, 0.15) is 6.92 Å². The SMILES string of the molecule is CCOc1ccc(-c2c(Nc3ccccc3)oc3c2c(=O)oc2ccccc23)cc1. The molecule has 2 heterocycles. The first-order valence-corrected chi connectivity index (χ1v) is 9.78. The highest BCUT2D eigenvalue weighted by atomic mass is 16.5. The van der Waals surface area contributed by atoms with Crippen LogP contribution in [-0.4, -0.2) is 6.61 Å². The van der Waals surface area contributed by atoms with Crippen molar-refractivity contribution in [2.45, 2.75) is 6.92 Å². The van der Waals surface area contributed by atoms with Crippen molar-refractivity contribution >= 4 is 33.5 Å². The number of anilines is 2. The van der Waals surface area contributed by atoms with E-state index in [0.29, 0.717) is 34.6 Å². The predicted molar refractivity (Wildman–Crippen MR) is 119 cm³/mol. The normalized spacial score (nSPS) is 11.1. The van der Waals surface area contributed by atoms with Gasteiger partial charge in [0.05, 0.1) is 17.6 Å². The van der Waals surface area contributed by atoms with Crippen molar-refractivity contribution in [1.29, 1.82) is 0 Å². The van der Waals surface area contributed by atoms with Crippen LogP contribution in [-0.2, 0) is 0 Å². The van der Waals surface area contributed by atoms with Crippen molar-refractivity contribution in [3.63, 3.8) is 0 Å². The molecule has 0 spiro atoms. The molecule has 0 saturated carbocycles. The molecule has 0 bridgehead atoms. The maximum absolute atomic E-state index is 12.9. The van der Waals surface area contributed by atoms with Gasteiger partial charge in [-0.1, -0.05) is 42.5 Å². The average molecular weight is 397 g/mol. The van der Waals surface area contributed by atoms with E-state index in [-0.39, 0.29) is 0 Å². The quantitative estimate of drug-likeness (QED) is 0.350. The fourth-order valence-electron chi connectivity index (χ4n) is 3.61. The van der Waals surface area contributed by atoms with Gasteiger partial charge in [0.1, 0.15) is 16.7 Å². The molecule has 5 heteroatoms. The third kappa shape index (κ3) is 3.10. The Balaban J connectivity index is 1.78. The second kappa shape index (κ2) is 7.44. The smallest absolute Gasteiger partial charge is 0.348 e. The Morgan fingerprint density at radius 3 is 2.37 bits per heavy atom. The molecule has 0 saturated heterocycles. The zero-order valence-corrected chi connectivity index (χ0v) is 16.3. The summed E-state index contributed by atoms with van der Waals surface area (Å²) in [7, 11) is 0. The highest BCUT2D eigenvalue weighted by Crippen LogP contribution is 2.41. The number of hydrogen-bond donors (Lipinski definition) is 1. The zero-order valence-electron chi connectivity index (χ0n) is 16.3. The molecule has 0 aliphatic carbocycles. The van der Waals surface area contributed by atoms with E-state index < -0.39 is 5.63 Å². The zero-order chi connectivity index (χ0) is 20.5. The Hall–Kier alpha value is -3.99. The van der Waals surface area contributed by atoms with E-state index in [1.165, 1.54) is 0 Å². The number of fused-ring (bicyclic) bond motifs is 3. The molecule has 0 amide bonds. The average Bonchev–Trinajstić information content (AvgIpc) is 3.15. The molecular formula is C25H19NO4. The molecular weight excluding hydrogens is 378 g/mol. The van der Waals surface area contributed by atoms with E-state index in [9.17, 15) is 4.79 Å². The predicted octanol–water partition coefficient (Wildman–Crippen LogP) is 6.35. The molecule has 0 fully saturated rings. The fraction of sp³-hybridized carbons (Fsp3) is 0.0800. The van der Waals surface area contributed by atoms with Gasteiger partial charge in [-0.15, -0.1) is 0 Å². The monoisotopic (exact) mass is 397 g/mol. The lowest BCUT2D eigenvalue weighted by Crippen LogP contribution is -2.00. The Morgan fingerprint density at radius 2 is 1.60 bits per heavy atom. The molecule has 0 unspecified atom stereocenters. The van der Waals surface area contributed by atoms with Crippen LogP contribution in [0.5, 0.6) is 5.75 Å². The Labute approximate surface area is 172 Å². The molecule has 5 aromatic rings. The molecule has 0 atom stereocenters. The first-order chi connectivity index (χ1) is 14.7. The van der Waals surface area contributed by atoms with Gasteiger partial charge in [0, 0.05) is 5.69 Å². The molecule has 1 N–H and O–H groups in total. The van der Waals surface area contributed by atoms with Crippen LogP contribution in [0.4, 0.5) is 11.6 Å². The molecule has 3 aromatic carbocycles. The Kier molecular flexibility index (Phi) is 4.48. The summed E-state index contributed by atoms with van der Waals surface area (Å²) in [6.07, 6.45) is 0. The van der Waals surface area contributed by atoms with Crippen molar-refractivity contribution in [2.24, 2.45) is 0 Å². The summed E-state index contributed by atoms with van der Waals surface area (Å²) in [5, 5.41) is 4.48. The largest absolute Gasteiger partial charge is 0.494 e. The van der Waals surface area contributed by atoms with Crippen molar-refractivity contribution in [3.05, 3.63) is 89.3 Å². The first kappa shape index (κ1) is 18.1. The lowest BCUT2D eigenvalue weighted by molar-refractivity contribution is 0.340. The van der Waals surface area contributed by atoms with Gasteiger partial charge in [0.2, 0.25) is 5.88 Å². The van der Waals surface area contributed by atoms with Gasteiger partial charge in [0.15, 0.2) is 5.58 Å². The third-order valence-electron chi connectivity index (χ3n) is 4.93. The summed E-state index contributed by atoms with van der Waals surface area (Å²) in [5.41, 5.74) is 2.92. The van der Waals surface area contributed by atoms with E-state index in [0.717, 1.165) is 22.4 Å². The second-order valence-electron chi connectivity index (χ2n) is 6.84. The van der Waals surface area contributed by atoms with Crippen LogP contribution < -0.4 is 15.7 Å². The first-order valence-electron chi connectivity index (χ1n) is 9.78. The van der Waals surface area contributed by atoms with Gasteiger partial charge in [-0.2, -0.15) is 0 Å². The Morgan fingerprint density at radius 1 is 0.867 bits per heavy atom. The maximum Gasteiger partial charge on any atom is 0.348 e. The van der Waals surface area contributed by atoms with Crippen LogP contribution >= 0.6 is 0 Å². The number of furan rings is 1. The van der Waals surface area contributed by atoms with Crippen LogP contribution in [0.15, 0.2) is 92.5 Å². The van der Waals surface area contributed by atoms with Gasteiger partial charge in [0.25, 0.3) is 0 Å². The van der Waals surface area contributed by atoms with Crippen molar-refractivity contribution in [1.82, 2.24) is 0 Å². The highest BCUT2D eigenvalue weighted by molar-refractivity contribution is 6.10. The van der Waals surface area contributed by atoms with Gasteiger partial charge in [-0.25, -0.2) is 4.79 Å². The number of hydrogen-bond acceptors (Lipinski definition) is 5. The lowest BCUT2D eigenvalue weighted by atomic mass is 10.0. The number of rotatable bonds is 5. The van der Waals surface area contributed by atoms with Crippen molar-refractivity contribution < 1.29 is 13.6 Å². The topological polar surface area (TPSA) is 64.6 Å². The molecule has 5 nitrogen and oxygen atoms in total. The molecule has 30 heavy (non-hydrogen) atoms. The molecule has 0 aliphatic heterocycles. The number of para-hydroxylation sites is 2. The minimum Gasteiger partial charge on any atom is -0.494 e. The van der Waals surface area contributed by atoms with Crippen LogP contribution in [0, 0.1) is 0 Å². The highest BCUT2D eigenvalue weighted by Gasteiger charge is 2.22. The third-order valence-corrected chi connectivity index (χ3v) is 4.93. The maximum atomic E-state index is 12.9. The van der Waals surface area contributed by atoms with E-state index in [1.54, 1.807) is 6.07 Å². The lowest BCUT2D eigenvalue weighted by Gasteiger charge is -2.08. The molecule has 2 aromatic heterocycles. The molecule has 0 radical (unpaired) electrons. The van der Waals surface area contributed by atoms with Crippen LogP contribution in [0.25, 0.3) is 33.1 Å².